The van der Waals surface area contributed by atoms with Crippen LogP contribution in [0.25, 0.3) is 11.4 Å². The lowest BCUT2D eigenvalue weighted by Gasteiger charge is -2.12. The van der Waals surface area contributed by atoms with Crippen molar-refractivity contribution < 1.29 is 9.32 Å². The van der Waals surface area contributed by atoms with Crippen LogP contribution >= 0.6 is 11.8 Å². The van der Waals surface area contributed by atoms with Crippen LogP contribution < -0.4 is 5.32 Å². The van der Waals surface area contributed by atoms with E-state index in [1.807, 2.05) is 30.3 Å². The van der Waals surface area contributed by atoms with Gasteiger partial charge in [0, 0.05) is 12.1 Å². The highest BCUT2D eigenvalue weighted by Crippen LogP contribution is 2.20. The third-order valence-electron chi connectivity index (χ3n) is 4.11. The number of nitrogens with one attached hydrogen (secondary N) is 1. The Bertz CT molecular complexity index is 712. The van der Waals surface area contributed by atoms with Gasteiger partial charge in [0.15, 0.2) is 0 Å². The molecule has 0 atom stereocenters. The molecule has 1 aliphatic rings. The van der Waals surface area contributed by atoms with Gasteiger partial charge in [-0.1, -0.05) is 47.1 Å². The zero-order valence-corrected chi connectivity index (χ0v) is 15.1. The lowest BCUT2D eigenvalue weighted by atomic mass is 9.97. The molecule has 0 radical (unpaired) electrons. The zero-order chi connectivity index (χ0) is 17.3. The largest absolute Gasteiger partial charge is 0.355 e. The van der Waals surface area contributed by atoms with Gasteiger partial charge in [0.05, 0.1) is 11.5 Å². The van der Waals surface area contributed by atoms with E-state index in [0.717, 1.165) is 18.5 Å². The first kappa shape index (κ1) is 17.7. The summed E-state index contributed by atoms with van der Waals surface area (Å²) in [6, 6.07) is 9.71. The van der Waals surface area contributed by atoms with E-state index in [-0.39, 0.29) is 5.91 Å². The Morgan fingerprint density at radius 3 is 2.92 bits per heavy atom. The average Bonchev–Trinajstić information content (AvgIpc) is 3.12. The fourth-order valence-corrected chi connectivity index (χ4v) is 3.48. The number of rotatable bonds is 8. The van der Waals surface area contributed by atoms with Crippen LogP contribution in [-0.2, 0) is 10.5 Å². The van der Waals surface area contributed by atoms with Gasteiger partial charge >= 0.3 is 0 Å². The molecule has 0 fully saturated rings. The minimum absolute atomic E-state index is 0.0595. The summed E-state index contributed by atoms with van der Waals surface area (Å²) in [4.78, 5) is 16.2. The molecule has 0 saturated carbocycles. The van der Waals surface area contributed by atoms with E-state index in [9.17, 15) is 4.79 Å². The highest BCUT2D eigenvalue weighted by Gasteiger charge is 2.10. The molecule has 1 amide bonds. The number of amides is 1. The highest BCUT2D eigenvalue weighted by atomic mass is 32.2. The van der Waals surface area contributed by atoms with Crippen LogP contribution in [-0.4, -0.2) is 28.3 Å². The van der Waals surface area contributed by atoms with Gasteiger partial charge in [-0.25, -0.2) is 0 Å². The van der Waals surface area contributed by atoms with Gasteiger partial charge in [-0.15, -0.1) is 11.8 Å². The van der Waals surface area contributed by atoms with E-state index in [2.05, 4.69) is 21.5 Å². The Balaban J connectivity index is 1.34. The van der Waals surface area contributed by atoms with E-state index in [0.29, 0.717) is 23.2 Å². The van der Waals surface area contributed by atoms with Crippen molar-refractivity contribution in [1.29, 1.82) is 0 Å². The third-order valence-corrected chi connectivity index (χ3v) is 5.03. The summed E-state index contributed by atoms with van der Waals surface area (Å²) in [5, 5.41) is 6.96. The first-order chi connectivity index (χ1) is 12.3. The van der Waals surface area contributed by atoms with Crippen molar-refractivity contribution >= 4 is 17.7 Å². The van der Waals surface area contributed by atoms with Crippen molar-refractivity contribution in [2.75, 3.05) is 12.3 Å². The fraction of sp³-hybridized carbons (Fsp3) is 0.421. The number of aromatic nitrogens is 2. The van der Waals surface area contributed by atoms with Crippen molar-refractivity contribution in [2.24, 2.45) is 0 Å². The van der Waals surface area contributed by atoms with Crippen molar-refractivity contribution in [3.63, 3.8) is 0 Å². The number of hydrogen-bond donors (Lipinski definition) is 1. The Morgan fingerprint density at radius 1 is 1.24 bits per heavy atom. The molecule has 0 unspecified atom stereocenters. The maximum absolute atomic E-state index is 11.9. The first-order valence-electron chi connectivity index (χ1n) is 8.71. The Morgan fingerprint density at radius 2 is 2.12 bits per heavy atom. The molecule has 3 rings (SSSR count). The van der Waals surface area contributed by atoms with Crippen LogP contribution in [0, 0.1) is 0 Å². The summed E-state index contributed by atoms with van der Waals surface area (Å²) in [5.41, 5.74) is 2.41. The molecule has 1 aliphatic carbocycles. The van der Waals surface area contributed by atoms with Crippen molar-refractivity contribution in [3.8, 4) is 11.4 Å². The molecule has 1 aromatic heterocycles. The summed E-state index contributed by atoms with van der Waals surface area (Å²) in [7, 11) is 0. The van der Waals surface area contributed by atoms with Crippen molar-refractivity contribution in [2.45, 2.75) is 37.9 Å². The number of carbonyl (C=O) groups excluding carboxylic acids is 1. The molecule has 1 N–H and O–H groups in total. The highest BCUT2D eigenvalue weighted by molar-refractivity contribution is 7.99. The van der Waals surface area contributed by atoms with Gasteiger partial charge in [-0.05, 0) is 32.1 Å². The van der Waals surface area contributed by atoms with Crippen LogP contribution in [0.15, 0.2) is 46.5 Å². The molecule has 0 bridgehead atoms. The fourth-order valence-electron chi connectivity index (χ4n) is 2.79. The second-order valence-corrected chi connectivity index (χ2v) is 7.06. The molecule has 5 nitrogen and oxygen atoms in total. The number of hydrogen-bond acceptors (Lipinski definition) is 5. The number of allylic oxidation sites excluding steroid dienone is 1. The maximum Gasteiger partial charge on any atom is 0.236 e. The van der Waals surface area contributed by atoms with Crippen LogP contribution in [0.2, 0.25) is 0 Å². The summed E-state index contributed by atoms with van der Waals surface area (Å²) in [6.07, 6.45) is 8.25. The zero-order valence-electron chi connectivity index (χ0n) is 14.2. The number of carbonyl (C=O) groups is 1. The molecular formula is C19H23N3O2S. The Kier molecular flexibility index (Phi) is 6.68. The minimum Gasteiger partial charge on any atom is -0.355 e. The maximum atomic E-state index is 11.9. The predicted molar refractivity (Wildman–Crippen MR) is 100 cm³/mol. The van der Waals surface area contributed by atoms with E-state index in [1.165, 1.54) is 43.0 Å². The number of nitrogens with zero attached hydrogens (tertiary/aromatic N) is 2. The van der Waals surface area contributed by atoms with Crippen LogP contribution in [0.4, 0.5) is 0 Å². The van der Waals surface area contributed by atoms with E-state index >= 15 is 0 Å². The van der Waals surface area contributed by atoms with Gasteiger partial charge < -0.3 is 9.84 Å². The summed E-state index contributed by atoms with van der Waals surface area (Å²) >= 11 is 1.49. The van der Waals surface area contributed by atoms with E-state index in [1.54, 1.807) is 0 Å². The molecule has 6 heteroatoms. The van der Waals surface area contributed by atoms with Crippen LogP contribution in [0.1, 0.15) is 38.0 Å². The minimum atomic E-state index is 0.0595. The van der Waals surface area contributed by atoms with Crippen molar-refractivity contribution in [1.82, 2.24) is 15.5 Å². The number of benzene rings is 1. The molecule has 132 valence electrons. The molecule has 1 aromatic carbocycles. The predicted octanol–water partition coefficient (Wildman–Crippen LogP) is 3.98. The quantitative estimate of drug-likeness (QED) is 0.724. The molecule has 25 heavy (non-hydrogen) atoms. The van der Waals surface area contributed by atoms with Crippen LogP contribution in [0.5, 0.6) is 0 Å². The Labute approximate surface area is 152 Å². The molecular weight excluding hydrogens is 334 g/mol. The van der Waals surface area contributed by atoms with Gasteiger partial charge in [0.2, 0.25) is 17.6 Å². The second kappa shape index (κ2) is 9.42. The molecule has 1 heterocycles. The van der Waals surface area contributed by atoms with E-state index < -0.39 is 0 Å². The van der Waals surface area contributed by atoms with Gasteiger partial charge in [-0.2, -0.15) is 4.98 Å². The van der Waals surface area contributed by atoms with Crippen molar-refractivity contribution in [3.05, 3.63) is 47.9 Å². The summed E-state index contributed by atoms with van der Waals surface area (Å²) < 4.78 is 5.24. The molecule has 0 aliphatic heterocycles. The molecule has 0 spiro atoms. The standard InChI is InChI=1S/C19H23N3O2S/c23-17(20-12-11-15-7-3-1-4-8-15)13-25-14-18-21-19(22-24-18)16-9-5-2-6-10-16/h2,5-7,9-10H,1,3-4,8,11-14H2,(H,20,23). The Hall–Kier alpha value is -2.08. The molecule has 0 saturated heterocycles. The van der Waals surface area contributed by atoms with Gasteiger partial charge in [0.25, 0.3) is 0 Å². The first-order valence-corrected chi connectivity index (χ1v) is 9.87. The van der Waals surface area contributed by atoms with Gasteiger partial charge in [0.1, 0.15) is 0 Å². The summed E-state index contributed by atoms with van der Waals surface area (Å²) in [5.74, 6) is 2.13. The van der Waals surface area contributed by atoms with Crippen LogP contribution in [0.3, 0.4) is 0 Å². The summed E-state index contributed by atoms with van der Waals surface area (Å²) in [6.45, 7) is 0.726. The normalized spacial score (nSPS) is 14.2. The SMILES string of the molecule is O=C(CSCc1nc(-c2ccccc2)no1)NCCC1=CCCCC1. The average molecular weight is 357 g/mol. The number of thioether (sulfide) groups is 1. The molecule has 2 aromatic rings. The second-order valence-electron chi connectivity index (χ2n) is 6.08. The van der Waals surface area contributed by atoms with E-state index in [4.69, 9.17) is 4.52 Å². The third kappa shape index (κ3) is 5.74. The smallest absolute Gasteiger partial charge is 0.236 e. The monoisotopic (exact) mass is 357 g/mol. The van der Waals surface area contributed by atoms with Gasteiger partial charge in [-0.3, -0.25) is 4.79 Å². The lowest BCUT2D eigenvalue weighted by Crippen LogP contribution is -2.26. The topological polar surface area (TPSA) is 68.0 Å². The lowest BCUT2D eigenvalue weighted by molar-refractivity contribution is -0.118.